The lowest BCUT2D eigenvalue weighted by Gasteiger charge is -2.33. The molecule has 31 heavy (non-hydrogen) atoms. The summed E-state index contributed by atoms with van der Waals surface area (Å²) in [6.07, 6.45) is 5.09. The van der Waals surface area contributed by atoms with E-state index in [1.54, 1.807) is 11.3 Å². The second-order valence-corrected chi connectivity index (χ2v) is 11.0. The Bertz CT molecular complexity index is 1180. The van der Waals surface area contributed by atoms with Gasteiger partial charge in [0, 0.05) is 38.8 Å². The zero-order valence-electron chi connectivity index (χ0n) is 18.8. The van der Waals surface area contributed by atoms with Gasteiger partial charge in [-0.3, -0.25) is 0 Å². The molecule has 1 atom stereocenters. The van der Waals surface area contributed by atoms with E-state index in [2.05, 4.69) is 51.3 Å². The van der Waals surface area contributed by atoms with Crippen LogP contribution in [-0.4, -0.2) is 10.8 Å². The Kier molecular flexibility index (Phi) is 5.85. The van der Waals surface area contributed by atoms with E-state index in [1.807, 2.05) is 30.5 Å². The zero-order chi connectivity index (χ0) is 22.3. The van der Waals surface area contributed by atoms with Crippen molar-refractivity contribution >= 4 is 34.2 Å². The fourth-order valence-corrected chi connectivity index (χ4v) is 5.90. The van der Waals surface area contributed by atoms with Gasteiger partial charge in [0.2, 0.25) is 0 Å². The number of hydrogen-bond acceptors (Lipinski definition) is 3. The van der Waals surface area contributed by atoms with Crippen LogP contribution >= 0.6 is 22.9 Å². The van der Waals surface area contributed by atoms with Gasteiger partial charge >= 0.3 is 0 Å². The molecule has 1 aliphatic rings. The lowest BCUT2D eigenvalue weighted by Crippen LogP contribution is -2.26. The first-order valence-electron chi connectivity index (χ1n) is 10.7. The number of aromatic nitrogens is 1. The Balaban J connectivity index is 1.66. The summed E-state index contributed by atoms with van der Waals surface area (Å²) >= 11 is 7.75. The van der Waals surface area contributed by atoms with Gasteiger partial charge < -0.3 is 4.57 Å². The summed E-state index contributed by atoms with van der Waals surface area (Å²) in [6, 6.07) is 12.4. The molecule has 5 heteroatoms. The van der Waals surface area contributed by atoms with Crippen molar-refractivity contribution in [3.63, 3.8) is 0 Å². The van der Waals surface area contributed by atoms with Crippen molar-refractivity contribution in [2.45, 2.75) is 53.9 Å². The van der Waals surface area contributed by atoms with E-state index < -0.39 is 0 Å². The molecule has 0 N–H and O–H groups in total. The van der Waals surface area contributed by atoms with Crippen molar-refractivity contribution in [2.75, 3.05) is 0 Å². The van der Waals surface area contributed by atoms with Crippen LogP contribution in [0.4, 0.5) is 5.00 Å². The molecule has 2 aromatic heterocycles. The van der Waals surface area contributed by atoms with Gasteiger partial charge in [0.25, 0.3) is 0 Å². The Labute approximate surface area is 194 Å². The van der Waals surface area contributed by atoms with Crippen molar-refractivity contribution < 1.29 is 0 Å². The molecule has 0 spiro atoms. The molecule has 0 radical (unpaired) electrons. The minimum absolute atomic E-state index is 0.289. The molecular formula is C26H28ClN3S. The van der Waals surface area contributed by atoms with Gasteiger partial charge in [-0.1, -0.05) is 32.4 Å². The SMILES string of the molecule is Cc1cc(C=Nc2sc3c(c2C#N)CC[C@H](C(C)(C)C)C3)c(C)n1-c1ccc(Cl)cc1. The molecule has 0 saturated heterocycles. The lowest BCUT2D eigenvalue weighted by molar-refractivity contribution is 0.218. The van der Waals surface area contributed by atoms with Gasteiger partial charge in [-0.2, -0.15) is 5.26 Å². The first-order valence-corrected chi connectivity index (χ1v) is 11.9. The summed E-state index contributed by atoms with van der Waals surface area (Å²) in [7, 11) is 0. The monoisotopic (exact) mass is 449 g/mol. The Hall–Kier alpha value is -2.35. The Morgan fingerprint density at radius 1 is 1.23 bits per heavy atom. The second-order valence-electron chi connectivity index (χ2n) is 9.50. The van der Waals surface area contributed by atoms with Crippen LogP contribution in [0.5, 0.6) is 0 Å². The lowest BCUT2D eigenvalue weighted by atomic mass is 9.72. The number of nitrogens with zero attached hydrogens (tertiary/aromatic N) is 3. The maximum atomic E-state index is 9.83. The highest BCUT2D eigenvalue weighted by molar-refractivity contribution is 7.16. The molecule has 1 aliphatic carbocycles. The van der Waals surface area contributed by atoms with Gasteiger partial charge in [0.15, 0.2) is 0 Å². The van der Waals surface area contributed by atoms with Crippen LogP contribution < -0.4 is 0 Å². The van der Waals surface area contributed by atoms with Crippen molar-refractivity contribution in [1.29, 1.82) is 5.26 Å². The number of rotatable bonds is 3. The number of nitriles is 1. The molecule has 3 aromatic rings. The summed E-state index contributed by atoms with van der Waals surface area (Å²) < 4.78 is 2.20. The highest BCUT2D eigenvalue weighted by Gasteiger charge is 2.32. The van der Waals surface area contributed by atoms with Gasteiger partial charge in [-0.15, -0.1) is 11.3 Å². The molecule has 1 aromatic carbocycles. The molecule has 3 nitrogen and oxygen atoms in total. The molecule has 0 aliphatic heterocycles. The smallest absolute Gasteiger partial charge is 0.134 e. The number of aryl methyl sites for hydroxylation is 1. The highest BCUT2D eigenvalue weighted by atomic mass is 35.5. The van der Waals surface area contributed by atoms with E-state index in [1.165, 1.54) is 10.4 Å². The Morgan fingerprint density at radius 3 is 2.58 bits per heavy atom. The second kappa shape index (κ2) is 8.30. The van der Waals surface area contributed by atoms with Crippen LogP contribution in [0.1, 0.15) is 60.1 Å². The molecule has 160 valence electrons. The van der Waals surface area contributed by atoms with Gasteiger partial charge in [-0.25, -0.2) is 4.99 Å². The average molecular weight is 450 g/mol. The summed E-state index contributed by atoms with van der Waals surface area (Å²) in [6.45, 7) is 11.1. The van der Waals surface area contributed by atoms with Crippen molar-refractivity contribution in [3.8, 4) is 11.8 Å². The van der Waals surface area contributed by atoms with Gasteiger partial charge in [0.05, 0.1) is 5.56 Å². The molecule has 4 rings (SSSR count). The topological polar surface area (TPSA) is 41.1 Å². The van der Waals surface area contributed by atoms with E-state index in [-0.39, 0.29) is 5.41 Å². The van der Waals surface area contributed by atoms with Crippen LogP contribution in [-0.2, 0) is 12.8 Å². The predicted molar refractivity (Wildman–Crippen MR) is 132 cm³/mol. The Morgan fingerprint density at radius 2 is 1.94 bits per heavy atom. The highest BCUT2D eigenvalue weighted by Crippen LogP contribution is 2.44. The molecule has 0 unspecified atom stereocenters. The van der Waals surface area contributed by atoms with E-state index in [4.69, 9.17) is 16.6 Å². The van der Waals surface area contributed by atoms with Crippen LogP contribution in [0.25, 0.3) is 5.69 Å². The summed E-state index contributed by atoms with van der Waals surface area (Å²) in [5, 5.41) is 11.4. The molecule has 0 amide bonds. The third-order valence-electron chi connectivity index (χ3n) is 6.46. The number of thiophene rings is 1. The van der Waals surface area contributed by atoms with Crippen LogP contribution in [0.15, 0.2) is 35.3 Å². The third kappa shape index (κ3) is 4.22. The zero-order valence-corrected chi connectivity index (χ0v) is 20.4. The summed E-state index contributed by atoms with van der Waals surface area (Å²) in [4.78, 5) is 6.15. The predicted octanol–water partition coefficient (Wildman–Crippen LogP) is 7.58. The standard InChI is InChI=1S/C26H28ClN3S/c1-16-12-18(17(2)30(16)21-9-7-20(27)8-10-21)15-29-25-23(14-28)22-11-6-19(26(3,4)5)13-24(22)31-25/h7-10,12,15,19H,6,11,13H2,1-5H3/t19-/m0/s1. The largest absolute Gasteiger partial charge is 0.318 e. The van der Waals surface area contributed by atoms with Crippen molar-refractivity contribution in [2.24, 2.45) is 16.3 Å². The van der Waals surface area contributed by atoms with Crippen LogP contribution in [0.3, 0.4) is 0 Å². The average Bonchev–Trinajstić information content (AvgIpc) is 3.22. The first kappa shape index (κ1) is 21.9. The van der Waals surface area contributed by atoms with E-state index >= 15 is 0 Å². The van der Waals surface area contributed by atoms with Crippen molar-refractivity contribution in [3.05, 3.63) is 68.3 Å². The number of aliphatic imine (C=N–C) groups is 1. The molecular weight excluding hydrogens is 422 g/mol. The number of hydrogen-bond donors (Lipinski definition) is 0. The maximum absolute atomic E-state index is 9.83. The van der Waals surface area contributed by atoms with Gasteiger partial charge in [-0.05, 0) is 80.3 Å². The van der Waals surface area contributed by atoms with E-state index in [0.717, 1.165) is 57.5 Å². The van der Waals surface area contributed by atoms with Crippen LogP contribution in [0, 0.1) is 36.5 Å². The number of halogens is 1. The minimum atomic E-state index is 0.289. The normalized spacial score (nSPS) is 16.5. The van der Waals surface area contributed by atoms with Crippen LogP contribution in [0.2, 0.25) is 5.02 Å². The van der Waals surface area contributed by atoms with Crippen molar-refractivity contribution in [1.82, 2.24) is 4.57 Å². The molecule has 0 bridgehead atoms. The number of benzene rings is 1. The summed E-state index contributed by atoms with van der Waals surface area (Å²) in [5.41, 5.74) is 6.70. The number of fused-ring (bicyclic) bond motifs is 1. The van der Waals surface area contributed by atoms with E-state index in [9.17, 15) is 5.26 Å². The quantitative estimate of drug-likeness (QED) is 0.380. The first-order chi connectivity index (χ1) is 14.7. The van der Waals surface area contributed by atoms with E-state index in [0.29, 0.717) is 5.92 Å². The fraction of sp³-hybridized carbons (Fsp3) is 0.385. The molecule has 0 saturated carbocycles. The maximum Gasteiger partial charge on any atom is 0.134 e. The summed E-state index contributed by atoms with van der Waals surface area (Å²) in [5.74, 6) is 0.653. The fourth-order valence-electron chi connectivity index (χ4n) is 4.55. The molecule has 2 heterocycles. The van der Waals surface area contributed by atoms with Gasteiger partial charge in [0.1, 0.15) is 11.1 Å². The molecule has 0 fully saturated rings. The third-order valence-corrected chi connectivity index (χ3v) is 7.87. The minimum Gasteiger partial charge on any atom is -0.318 e.